The van der Waals surface area contributed by atoms with Crippen molar-refractivity contribution < 1.29 is 19.4 Å². The van der Waals surface area contributed by atoms with Crippen molar-refractivity contribution in [2.45, 2.75) is 78.4 Å². The van der Waals surface area contributed by atoms with Crippen LogP contribution >= 0.6 is 11.6 Å². The molecule has 1 aliphatic carbocycles. The third kappa shape index (κ3) is 8.67. The summed E-state index contributed by atoms with van der Waals surface area (Å²) in [7, 11) is -1.21. The van der Waals surface area contributed by atoms with Crippen LogP contribution in [0.5, 0.6) is 5.88 Å². The van der Waals surface area contributed by atoms with Crippen molar-refractivity contribution in [1.82, 2.24) is 14.5 Å². The maximum Gasteiger partial charge on any atom is 0.337 e. The predicted octanol–water partition coefficient (Wildman–Crippen LogP) is 9.97. The molecule has 2 aromatic heterocycles. The predicted molar refractivity (Wildman–Crippen MR) is 224 cm³/mol. The Labute approximate surface area is 326 Å². The fourth-order valence-corrected chi connectivity index (χ4v) is 8.90. The van der Waals surface area contributed by atoms with Crippen molar-refractivity contribution in [2.75, 3.05) is 62.3 Å². The molecule has 1 atom stereocenters. The number of hydrogen-bond acceptors (Lipinski definition) is 7. The lowest BCUT2D eigenvalue weighted by molar-refractivity contribution is 0.0271. The summed E-state index contributed by atoms with van der Waals surface area (Å²) < 4.78 is 14.5. The molecule has 4 aromatic rings. The van der Waals surface area contributed by atoms with E-state index in [9.17, 15) is 9.90 Å². The molecule has 3 aliphatic rings. The smallest absolute Gasteiger partial charge is 0.337 e. The highest BCUT2D eigenvalue weighted by Gasteiger charge is 2.31. The van der Waals surface area contributed by atoms with Crippen LogP contribution in [-0.2, 0) is 4.74 Å². The molecule has 288 valence electrons. The number of anilines is 3. The minimum atomic E-state index is -1.21. The van der Waals surface area contributed by atoms with Gasteiger partial charge in [-0.05, 0) is 97.7 Å². The molecule has 0 radical (unpaired) electrons. The fourth-order valence-electron chi connectivity index (χ4n) is 8.04. The Bertz CT molecular complexity index is 2010. The largest absolute Gasteiger partial charge is 0.478 e. The van der Waals surface area contributed by atoms with Crippen LogP contribution in [0.3, 0.4) is 0 Å². The van der Waals surface area contributed by atoms with Crippen LogP contribution in [0.4, 0.5) is 17.1 Å². The summed E-state index contributed by atoms with van der Waals surface area (Å²) in [6.07, 6.45) is 5.98. The summed E-state index contributed by atoms with van der Waals surface area (Å²) in [4.78, 5) is 24.8. The maximum atomic E-state index is 12.7. The number of pyridine rings is 1. The number of carboxylic acid groups (broad SMARTS) is 1. The number of nitrogens with zero attached hydrogens (tertiary/aromatic N) is 5. The summed E-state index contributed by atoms with van der Waals surface area (Å²) in [5.41, 5.74) is 8.15. The quantitative estimate of drug-likeness (QED) is 0.151. The first-order valence-electron chi connectivity index (χ1n) is 19.6. The molecule has 54 heavy (non-hydrogen) atoms. The molecule has 4 heterocycles. The second kappa shape index (κ2) is 15.7. The zero-order valence-corrected chi connectivity index (χ0v) is 34.6. The molecule has 2 aliphatic heterocycles. The topological polar surface area (TPSA) is 83.3 Å². The third-order valence-electron chi connectivity index (χ3n) is 11.3. The van der Waals surface area contributed by atoms with Gasteiger partial charge in [0.1, 0.15) is 17.6 Å². The molecule has 11 heteroatoms. The molecular formula is C43H56ClN5O4Si. The van der Waals surface area contributed by atoms with E-state index in [1.807, 2.05) is 24.4 Å². The van der Waals surface area contributed by atoms with Crippen LogP contribution < -0.4 is 14.5 Å². The summed E-state index contributed by atoms with van der Waals surface area (Å²) in [6, 6.07) is 19.4. The van der Waals surface area contributed by atoms with Crippen molar-refractivity contribution in [3.63, 3.8) is 0 Å². The molecular weight excluding hydrogens is 714 g/mol. The normalized spacial score (nSPS) is 18.7. The highest BCUT2D eigenvalue weighted by molar-refractivity contribution is 6.76. The average molecular weight is 770 g/mol. The third-order valence-corrected chi connectivity index (χ3v) is 13.3. The Morgan fingerprint density at radius 3 is 2.50 bits per heavy atom. The van der Waals surface area contributed by atoms with Gasteiger partial charge in [-0.2, -0.15) is 4.98 Å². The zero-order chi connectivity index (χ0) is 38.2. The van der Waals surface area contributed by atoms with Gasteiger partial charge in [0.15, 0.2) is 0 Å². The molecule has 0 amide bonds. The molecule has 7 rings (SSSR count). The number of halogens is 1. The van der Waals surface area contributed by atoms with E-state index >= 15 is 0 Å². The standard InChI is InChI=1S/C43H56ClN5O4Si/c1-30(52-24-25-54(4,5)6)48-18-15-32-26-39-41(45-40(32)48)53-23-7-17-49(39)38-27-35(12-13-36(38)42(50)51)47-21-19-46(20-22-47)29-33-14-16-43(2,3)28-37(33)31-8-10-34(44)11-9-31/h8-13,15,18,26-27,30H,7,14,16-17,19-25,28-29H2,1-6H3,(H,50,51). The first-order chi connectivity index (χ1) is 25.7. The monoisotopic (exact) mass is 769 g/mol. The molecule has 9 nitrogen and oxygen atoms in total. The van der Waals surface area contributed by atoms with Gasteiger partial charge in [-0.25, -0.2) is 4.79 Å². The Kier molecular flexibility index (Phi) is 11.2. The van der Waals surface area contributed by atoms with Gasteiger partial charge in [-0.3, -0.25) is 4.90 Å². The van der Waals surface area contributed by atoms with Gasteiger partial charge < -0.3 is 28.9 Å². The van der Waals surface area contributed by atoms with E-state index in [1.54, 1.807) is 11.6 Å². The number of aromatic nitrogens is 2. The number of allylic oxidation sites excluding steroid dienone is 1. The molecule has 1 saturated heterocycles. The number of benzene rings is 2. The van der Waals surface area contributed by atoms with Crippen molar-refractivity contribution in [2.24, 2.45) is 5.41 Å². The Morgan fingerprint density at radius 2 is 1.78 bits per heavy atom. The molecule has 0 spiro atoms. The van der Waals surface area contributed by atoms with Crippen LogP contribution in [0.2, 0.25) is 30.7 Å². The van der Waals surface area contributed by atoms with E-state index in [2.05, 4.69) is 90.0 Å². The maximum absolute atomic E-state index is 12.7. The van der Waals surface area contributed by atoms with Gasteiger partial charge in [-0.15, -0.1) is 0 Å². The number of rotatable bonds is 11. The summed E-state index contributed by atoms with van der Waals surface area (Å²) in [5.74, 6) is -0.430. The van der Waals surface area contributed by atoms with Crippen molar-refractivity contribution in [3.8, 4) is 5.88 Å². The van der Waals surface area contributed by atoms with Gasteiger partial charge in [0.05, 0.1) is 17.9 Å². The van der Waals surface area contributed by atoms with Crippen LogP contribution in [0.15, 0.2) is 66.4 Å². The fraction of sp³-hybridized carbons (Fsp3) is 0.488. The van der Waals surface area contributed by atoms with E-state index in [0.29, 0.717) is 24.7 Å². The highest BCUT2D eigenvalue weighted by atomic mass is 35.5. The Morgan fingerprint density at radius 1 is 1.02 bits per heavy atom. The Hall–Kier alpha value is -3.83. The second-order valence-electron chi connectivity index (χ2n) is 17.3. The number of carboxylic acids is 1. The van der Waals surface area contributed by atoms with E-state index in [1.165, 1.54) is 17.6 Å². The van der Waals surface area contributed by atoms with E-state index in [-0.39, 0.29) is 17.2 Å². The first-order valence-corrected chi connectivity index (χ1v) is 23.7. The summed E-state index contributed by atoms with van der Waals surface area (Å²) in [5, 5.41) is 12.1. The lowest BCUT2D eigenvalue weighted by Gasteiger charge is -2.39. The minimum Gasteiger partial charge on any atom is -0.478 e. The van der Waals surface area contributed by atoms with Crippen LogP contribution in [0, 0.1) is 5.41 Å². The molecule has 1 N–H and O–H groups in total. The number of aromatic carboxylic acids is 1. The highest BCUT2D eigenvalue weighted by Crippen LogP contribution is 2.44. The SMILES string of the molecule is CC(OCC[Si](C)(C)C)n1ccc2cc3c(nc21)OCCCN3c1cc(N2CCN(CC3=C(c4ccc(Cl)cc4)CC(C)(C)CC3)CC2)ccc1C(=O)O. The molecule has 0 saturated carbocycles. The van der Waals surface area contributed by atoms with Gasteiger partial charge in [-0.1, -0.05) is 62.8 Å². The average Bonchev–Trinajstić information content (AvgIpc) is 3.43. The molecule has 1 unspecified atom stereocenters. The van der Waals surface area contributed by atoms with Gasteiger partial charge in [0.2, 0.25) is 5.88 Å². The lowest BCUT2D eigenvalue weighted by atomic mass is 9.72. The first kappa shape index (κ1) is 38.4. The van der Waals surface area contributed by atoms with Crippen molar-refractivity contribution in [1.29, 1.82) is 0 Å². The number of ether oxygens (including phenoxy) is 2. The van der Waals surface area contributed by atoms with Crippen LogP contribution in [0.25, 0.3) is 16.6 Å². The minimum absolute atomic E-state index is 0.167. The summed E-state index contributed by atoms with van der Waals surface area (Å²) in [6.45, 7) is 20.3. The van der Waals surface area contributed by atoms with Crippen molar-refractivity contribution in [3.05, 3.63) is 82.5 Å². The number of hydrogen-bond donors (Lipinski definition) is 1. The van der Waals surface area contributed by atoms with Crippen molar-refractivity contribution >= 4 is 59.3 Å². The number of piperazine rings is 1. The van der Waals surface area contributed by atoms with Gasteiger partial charge >= 0.3 is 5.97 Å². The summed E-state index contributed by atoms with van der Waals surface area (Å²) >= 11 is 6.25. The Balaban J connectivity index is 1.11. The number of fused-ring (bicyclic) bond motifs is 2. The van der Waals surface area contributed by atoms with Crippen LogP contribution in [-0.4, -0.2) is 86.1 Å². The van der Waals surface area contributed by atoms with E-state index < -0.39 is 14.0 Å². The van der Waals surface area contributed by atoms with E-state index in [4.69, 9.17) is 26.1 Å². The second-order valence-corrected chi connectivity index (χ2v) is 23.3. The molecule has 2 aromatic carbocycles. The van der Waals surface area contributed by atoms with Gasteiger partial charge in [0.25, 0.3) is 0 Å². The molecule has 0 bridgehead atoms. The lowest BCUT2D eigenvalue weighted by Crippen LogP contribution is -2.47. The van der Waals surface area contributed by atoms with E-state index in [0.717, 1.165) is 92.1 Å². The molecule has 1 fully saturated rings. The van der Waals surface area contributed by atoms with Crippen LogP contribution in [0.1, 0.15) is 68.6 Å². The van der Waals surface area contributed by atoms with Gasteiger partial charge in [0, 0.05) is 76.2 Å². The number of carbonyl (C=O) groups is 1. The zero-order valence-electron chi connectivity index (χ0n) is 32.8.